The van der Waals surface area contributed by atoms with Crippen molar-refractivity contribution >= 4 is 33.7 Å². The first-order chi connectivity index (χ1) is 10.5. The smallest absolute Gasteiger partial charge is 0.265 e. The molecule has 0 unspecified atom stereocenters. The highest BCUT2D eigenvalue weighted by Gasteiger charge is 2.05. The highest BCUT2D eigenvalue weighted by Crippen LogP contribution is 2.23. The van der Waals surface area contributed by atoms with Crippen LogP contribution < -0.4 is 5.32 Å². The van der Waals surface area contributed by atoms with E-state index in [-0.39, 0.29) is 12.5 Å². The minimum absolute atomic E-state index is 0.136. The molecule has 0 radical (unpaired) electrons. The molecule has 0 aliphatic carbocycles. The first kappa shape index (κ1) is 16.2. The van der Waals surface area contributed by atoms with Gasteiger partial charge in [-0.15, -0.1) is 0 Å². The van der Waals surface area contributed by atoms with Gasteiger partial charge in [-0.1, -0.05) is 41.1 Å². The SMILES string of the molecule is Cc1ccc(/C=N\OCC(=O)Nc2ccc(C)cc2Br)cc1. The number of hydrogen-bond acceptors (Lipinski definition) is 3. The standard InChI is InChI=1S/C17H17BrN2O2/c1-12-3-6-14(7-4-12)10-19-22-11-17(21)20-16-8-5-13(2)9-15(16)18/h3-10H,11H2,1-2H3,(H,20,21)/b19-10-. The van der Waals surface area contributed by atoms with E-state index in [1.54, 1.807) is 6.21 Å². The Morgan fingerprint density at radius 2 is 1.86 bits per heavy atom. The monoisotopic (exact) mass is 360 g/mol. The highest BCUT2D eigenvalue weighted by atomic mass is 79.9. The van der Waals surface area contributed by atoms with Crippen LogP contribution >= 0.6 is 15.9 Å². The van der Waals surface area contributed by atoms with Crippen LogP contribution in [0.4, 0.5) is 5.69 Å². The molecule has 22 heavy (non-hydrogen) atoms. The Morgan fingerprint density at radius 1 is 1.18 bits per heavy atom. The molecule has 0 spiro atoms. The van der Waals surface area contributed by atoms with E-state index in [1.165, 1.54) is 5.56 Å². The van der Waals surface area contributed by atoms with E-state index in [0.29, 0.717) is 5.69 Å². The molecule has 2 aromatic rings. The quantitative estimate of drug-likeness (QED) is 0.645. The Balaban J connectivity index is 1.81. The van der Waals surface area contributed by atoms with Crippen molar-refractivity contribution in [3.05, 3.63) is 63.6 Å². The van der Waals surface area contributed by atoms with Gasteiger partial charge in [-0.3, -0.25) is 4.79 Å². The first-order valence-corrected chi connectivity index (χ1v) is 7.62. The van der Waals surface area contributed by atoms with E-state index < -0.39 is 0 Å². The summed E-state index contributed by atoms with van der Waals surface area (Å²) in [5.74, 6) is -0.259. The molecule has 5 heteroatoms. The molecule has 1 amide bonds. The summed E-state index contributed by atoms with van der Waals surface area (Å²) in [5.41, 5.74) is 3.93. The minimum atomic E-state index is -0.259. The molecule has 0 aliphatic heterocycles. The van der Waals surface area contributed by atoms with Crippen molar-refractivity contribution in [1.82, 2.24) is 0 Å². The van der Waals surface area contributed by atoms with Gasteiger partial charge in [0.2, 0.25) is 0 Å². The maximum atomic E-state index is 11.8. The molecule has 0 aliphatic rings. The van der Waals surface area contributed by atoms with Crippen LogP contribution in [0.15, 0.2) is 52.1 Å². The molecule has 2 rings (SSSR count). The number of oxime groups is 1. The molecular formula is C17H17BrN2O2. The molecule has 0 bridgehead atoms. The molecule has 0 saturated carbocycles. The Bertz CT molecular complexity index is 682. The predicted octanol–water partition coefficient (Wildman–Crippen LogP) is 4.06. The van der Waals surface area contributed by atoms with E-state index in [9.17, 15) is 4.79 Å². The lowest BCUT2D eigenvalue weighted by atomic mass is 10.2. The van der Waals surface area contributed by atoms with Gasteiger partial charge in [0.1, 0.15) is 0 Å². The second-order valence-electron chi connectivity index (χ2n) is 4.95. The predicted molar refractivity (Wildman–Crippen MR) is 92.2 cm³/mol. The van der Waals surface area contributed by atoms with Crippen molar-refractivity contribution in [3.8, 4) is 0 Å². The number of nitrogens with zero attached hydrogens (tertiary/aromatic N) is 1. The average molecular weight is 361 g/mol. The van der Waals surface area contributed by atoms with E-state index in [1.807, 2.05) is 56.3 Å². The third-order valence-corrected chi connectivity index (χ3v) is 3.60. The lowest BCUT2D eigenvalue weighted by molar-refractivity contribution is -0.120. The summed E-state index contributed by atoms with van der Waals surface area (Å²) in [6.07, 6.45) is 1.58. The van der Waals surface area contributed by atoms with Gasteiger partial charge in [-0.05, 0) is 53.0 Å². The topological polar surface area (TPSA) is 50.7 Å². The van der Waals surface area contributed by atoms with Gasteiger partial charge < -0.3 is 10.2 Å². The molecule has 0 fully saturated rings. The summed E-state index contributed by atoms with van der Waals surface area (Å²) in [4.78, 5) is 16.8. The van der Waals surface area contributed by atoms with Crippen LogP contribution in [0.1, 0.15) is 16.7 Å². The number of halogens is 1. The molecule has 114 valence electrons. The van der Waals surface area contributed by atoms with Crippen LogP contribution in [-0.4, -0.2) is 18.7 Å². The Kier molecular flexibility index (Phi) is 5.72. The Morgan fingerprint density at radius 3 is 2.55 bits per heavy atom. The van der Waals surface area contributed by atoms with Crippen molar-refractivity contribution in [1.29, 1.82) is 0 Å². The van der Waals surface area contributed by atoms with Crippen molar-refractivity contribution in [2.45, 2.75) is 13.8 Å². The second-order valence-corrected chi connectivity index (χ2v) is 5.80. The molecule has 2 aromatic carbocycles. The fourth-order valence-electron chi connectivity index (χ4n) is 1.75. The Hall–Kier alpha value is -2.14. The van der Waals surface area contributed by atoms with Crippen molar-refractivity contribution < 1.29 is 9.63 Å². The Labute approximate surface area is 138 Å². The number of aryl methyl sites for hydroxylation is 2. The van der Waals surface area contributed by atoms with Crippen LogP contribution in [0.5, 0.6) is 0 Å². The van der Waals surface area contributed by atoms with Crippen molar-refractivity contribution in [2.75, 3.05) is 11.9 Å². The van der Waals surface area contributed by atoms with Crippen LogP contribution in [0.25, 0.3) is 0 Å². The zero-order chi connectivity index (χ0) is 15.9. The molecule has 0 aromatic heterocycles. The zero-order valence-electron chi connectivity index (χ0n) is 12.5. The van der Waals surface area contributed by atoms with Gasteiger partial charge in [-0.25, -0.2) is 0 Å². The van der Waals surface area contributed by atoms with Crippen LogP contribution in [0.3, 0.4) is 0 Å². The number of anilines is 1. The van der Waals surface area contributed by atoms with E-state index in [4.69, 9.17) is 4.84 Å². The van der Waals surface area contributed by atoms with E-state index in [0.717, 1.165) is 15.6 Å². The van der Waals surface area contributed by atoms with Crippen molar-refractivity contribution in [2.24, 2.45) is 5.16 Å². The van der Waals surface area contributed by atoms with Gasteiger partial charge in [0, 0.05) is 4.47 Å². The first-order valence-electron chi connectivity index (χ1n) is 6.82. The molecule has 4 nitrogen and oxygen atoms in total. The number of amides is 1. The fourth-order valence-corrected chi connectivity index (χ4v) is 2.35. The third kappa shape index (κ3) is 5.00. The largest absolute Gasteiger partial charge is 0.386 e. The summed E-state index contributed by atoms with van der Waals surface area (Å²) in [6.45, 7) is 3.87. The molecule has 0 atom stereocenters. The lowest BCUT2D eigenvalue weighted by Gasteiger charge is -2.07. The maximum Gasteiger partial charge on any atom is 0.265 e. The maximum absolute atomic E-state index is 11.8. The van der Waals surface area contributed by atoms with Gasteiger partial charge in [-0.2, -0.15) is 0 Å². The van der Waals surface area contributed by atoms with Gasteiger partial charge in [0.25, 0.3) is 5.91 Å². The van der Waals surface area contributed by atoms with Crippen LogP contribution in [0, 0.1) is 13.8 Å². The summed E-state index contributed by atoms with van der Waals surface area (Å²) in [7, 11) is 0. The van der Waals surface area contributed by atoms with Gasteiger partial charge in [0.05, 0.1) is 11.9 Å². The van der Waals surface area contributed by atoms with E-state index >= 15 is 0 Å². The number of benzene rings is 2. The molecule has 0 heterocycles. The summed E-state index contributed by atoms with van der Waals surface area (Å²) < 4.78 is 0.837. The van der Waals surface area contributed by atoms with Crippen LogP contribution in [-0.2, 0) is 9.63 Å². The third-order valence-electron chi connectivity index (χ3n) is 2.95. The van der Waals surface area contributed by atoms with E-state index in [2.05, 4.69) is 26.4 Å². The summed E-state index contributed by atoms with van der Waals surface area (Å²) in [6, 6.07) is 13.6. The molecule has 1 N–H and O–H groups in total. The van der Waals surface area contributed by atoms with Gasteiger partial charge >= 0.3 is 0 Å². The highest BCUT2D eigenvalue weighted by molar-refractivity contribution is 9.10. The lowest BCUT2D eigenvalue weighted by Crippen LogP contribution is -2.17. The molecule has 0 saturated heterocycles. The number of carbonyl (C=O) groups is 1. The summed E-state index contributed by atoms with van der Waals surface area (Å²) >= 11 is 3.41. The van der Waals surface area contributed by atoms with Crippen LogP contribution in [0.2, 0.25) is 0 Å². The normalized spacial score (nSPS) is 10.7. The minimum Gasteiger partial charge on any atom is -0.386 e. The number of hydrogen-bond donors (Lipinski definition) is 1. The second kappa shape index (κ2) is 7.75. The number of rotatable bonds is 5. The summed E-state index contributed by atoms with van der Waals surface area (Å²) in [5, 5.41) is 6.55. The number of nitrogens with one attached hydrogen (secondary N) is 1. The molecular weight excluding hydrogens is 344 g/mol. The average Bonchev–Trinajstić information content (AvgIpc) is 2.48. The van der Waals surface area contributed by atoms with Crippen molar-refractivity contribution in [3.63, 3.8) is 0 Å². The number of carbonyl (C=O) groups excluding carboxylic acids is 1. The van der Waals surface area contributed by atoms with Gasteiger partial charge in [0.15, 0.2) is 6.61 Å². The zero-order valence-corrected chi connectivity index (χ0v) is 14.1. The fraction of sp³-hybridized carbons (Fsp3) is 0.176.